The highest BCUT2D eigenvalue weighted by Crippen LogP contribution is 2.31. The average molecular weight is 477 g/mol. The van der Waals surface area contributed by atoms with Gasteiger partial charge in [-0.25, -0.2) is 37.6 Å². The number of hydrogen-bond acceptors (Lipinski definition) is 12. The molecule has 3 N–H and O–H groups in total. The van der Waals surface area contributed by atoms with Gasteiger partial charge in [-0.3, -0.25) is 4.57 Å². The lowest BCUT2D eigenvalue weighted by molar-refractivity contribution is 0.122. The van der Waals surface area contributed by atoms with E-state index in [2.05, 4.69) is 19.9 Å². The van der Waals surface area contributed by atoms with E-state index in [0.29, 0.717) is 86.8 Å². The highest BCUT2D eigenvalue weighted by Gasteiger charge is 2.27. The molecule has 0 amide bonds. The molecule has 0 radical (unpaired) electrons. The molecule has 0 saturated carbocycles. The molecule has 33 heavy (non-hydrogen) atoms. The lowest BCUT2D eigenvalue weighted by Crippen LogP contribution is -2.46. The predicted molar refractivity (Wildman–Crippen MR) is 120 cm³/mol. The van der Waals surface area contributed by atoms with Crippen LogP contribution in [0.5, 0.6) is 0 Å². The van der Waals surface area contributed by atoms with Crippen molar-refractivity contribution in [2.24, 2.45) is 0 Å². The molecule has 2 saturated heterocycles. The van der Waals surface area contributed by atoms with Crippen LogP contribution in [0.1, 0.15) is 0 Å². The Morgan fingerprint density at radius 3 is 2.30 bits per heavy atom. The van der Waals surface area contributed by atoms with Crippen LogP contribution >= 0.6 is 0 Å². The van der Waals surface area contributed by atoms with Gasteiger partial charge in [0.2, 0.25) is 22.8 Å². The Bertz CT molecular complexity index is 1210. The minimum Gasteiger partial charge on any atom is -0.378 e. The second-order valence-electron chi connectivity index (χ2n) is 7.63. The number of nitrogen functional groups attached to an aromatic ring is 1. The molecule has 2 fully saturated rings. The molecule has 2 aliphatic heterocycles. The van der Waals surface area contributed by atoms with E-state index in [1.165, 1.54) is 4.31 Å². The fourth-order valence-corrected chi connectivity index (χ4v) is 4.49. The number of aromatic nitrogens is 6. The van der Waals surface area contributed by atoms with Gasteiger partial charge in [-0.15, -0.1) is 0 Å². The number of aliphatic hydroxyl groups is 1. The van der Waals surface area contributed by atoms with Crippen LogP contribution in [0.4, 0.5) is 17.7 Å². The van der Waals surface area contributed by atoms with Crippen LogP contribution in [0.3, 0.4) is 0 Å². The Balaban J connectivity index is 1.62. The molecule has 0 spiro atoms. The molecule has 176 valence electrons. The van der Waals surface area contributed by atoms with Crippen molar-refractivity contribution in [1.82, 2.24) is 33.8 Å². The number of rotatable bonds is 5. The Morgan fingerprint density at radius 1 is 0.970 bits per heavy atom. The Morgan fingerprint density at radius 2 is 1.67 bits per heavy atom. The molecule has 15 heteroatoms. The number of hydrogen-bond donors (Lipinski definition) is 3. The highest BCUT2D eigenvalue weighted by molar-refractivity contribution is 7.69. The first kappa shape index (κ1) is 21.7. The van der Waals surface area contributed by atoms with Crippen LogP contribution in [0, 0.1) is 0 Å². The summed E-state index contributed by atoms with van der Waals surface area (Å²) in [6, 6.07) is 0. The first-order valence-corrected chi connectivity index (χ1v) is 11.6. The number of nitrogens with zero attached hydrogens (tertiary/aromatic N) is 9. The maximum absolute atomic E-state index is 11.3. The van der Waals surface area contributed by atoms with Gasteiger partial charge in [-0.1, -0.05) is 0 Å². The monoisotopic (exact) mass is 476 g/mol. The number of aliphatic hydroxyl groups excluding tert-OH is 1. The third-order valence-electron chi connectivity index (χ3n) is 5.71. The fourth-order valence-electron chi connectivity index (χ4n) is 3.98. The summed E-state index contributed by atoms with van der Waals surface area (Å²) in [4.78, 5) is 26.3. The zero-order valence-corrected chi connectivity index (χ0v) is 18.6. The summed E-state index contributed by atoms with van der Waals surface area (Å²) in [5.41, 5.74) is 7.23. The maximum atomic E-state index is 11.3. The fraction of sp³-hybridized carbons (Fsp3) is 0.500. The van der Waals surface area contributed by atoms with E-state index in [-0.39, 0.29) is 12.7 Å². The molecule has 5 heterocycles. The van der Waals surface area contributed by atoms with Crippen molar-refractivity contribution < 1.29 is 18.3 Å². The normalized spacial score (nSPS) is 17.9. The minimum absolute atomic E-state index is 0.148. The Kier molecular flexibility index (Phi) is 5.92. The molecule has 3 aromatic heterocycles. The van der Waals surface area contributed by atoms with Crippen molar-refractivity contribution >= 4 is 39.8 Å². The quantitative estimate of drug-likeness (QED) is 0.357. The van der Waals surface area contributed by atoms with E-state index in [9.17, 15) is 13.5 Å². The maximum Gasteiger partial charge on any atom is 0.219 e. The number of morpholine rings is 1. The highest BCUT2D eigenvalue weighted by atomic mass is 32.2. The van der Waals surface area contributed by atoms with E-state index in [0.717, 1.165) is 0 Å². The van der Waals surface area contributed by atoms with Crippen molar-refractivity contribution in [3.05, 3.63) is 12.4 Å². The molecule has 0 unspecified atom stereocenters. The van der Waals surface area contributed by atoms with E-state index in [1.54, 1.807) is 17.0 Å². The van der Waals surface area contributed by atoms with Crippen molar-refractivity contribution in [2.45, 2.75) is 6.73 Å². The summed E-state index contributed by atoms with van der Waals surface area (Å²) in [5, 5.41) is 10.2. The number of piperazine rings is 1. The minimum atomic E-state index is -2.62. The van der Waals surface area contributed by atoms with Gasteiger partial charge >= 0.3 is 0 Å². The second-order valence-corrected chi connectivity index (χ2v) is 8.67. The zero-order valence-electron chi connectivity index (χ0n) is 17.7. The first-order valence-electron chi connectivity index (χ1n) is 10.5. The summed E-state index contributed by atoms with van der Waals surface area (Å²) in [7, 11) is -2.62. The lowest BCUT2D eigenvalue weighted by Gasteiger charge is -2.32. The summed E-state index contributed by atoms with van der Waals surface area (Å²) in [5.74, 6) is 1.68. The van der Waals surface area contributed by atoms with E-state index in [4.69, 9.17) is 20.4 Å². The topological polar surface area (TPSA) is 169 Å². The summed E-state index contributed by atoms with van der Waals surface area (Å²) in [6.45, 7) is 3.66. The number of thiol groups is 1. The van der Waals surface area contributed by atoms with Gasteiger partial charge in [-0.2, -0.15) is 0 Å². The number of fused-ring (bicyclic) bond motifs is 1. The van der Waals surface area contributed by atoms with Crippen LogP contribution in [0.15, 0.2) is 12.4 Å². The van der Waals surface area contributed by atoms with Gasteiger partial charge in [0.15, 0.2) is 22.8 Å². The van der Waals surface area contributed by atoms with Crippen molar-refractivity contribution in [3.63, 3.8) is 0 Å². The smallest absolute Gasteiger partial charge is 0.219 e. The molecular formula is C18H24N10O4S. The number of imidazole rings is 1. The molecule has 3 aromatic rings. The van der Waals surface area contributed by atoms with Gasteiger partial charge < -0.3 is 25.4 Å². The standard InChI is InChI=1S/C18H24N10O4S/c19-17-20-9-12(10-21-17)14-23-15(25-5-7-32-8-6-25)13-16(24-14)28(11-29)18(22-13)26-1-3-27(4-2-26)33(30)31/h9-10,29,33H,1-8,11H2,(H2,19,20,21). The third-order valence-corrected chi connectivity index (χ3v) is 6.57. The molecule has 5 rings (SSSR count). The zero-order chi connectivity index (χ0) is 22.9. The third kappa shape index (κ3) is 4.15. The van der Waals surface area contributed by atoms with Crippen LogP contribution < -0.4 is 15.5 Å². The summed E-state index contributed by atoms with van der Waals surface area (Å²) >= 11 is 0. The second kappa shape index (κ2) is 9.01. The van der Waals surface area contributed by atoms with Crippen LogP contribution in [-0.4, -0.2) is 99.8 Å². The number of anilines is 3. The molecule has 0 atom stereocenters. The summed E-state index contributed by atoms with van der Waals surface area (Å²) in [6.07, 6.45) is 3.10. The molecule has 2 aliphatic rings. The lowest BCUT2D eigenvalue weighted by atomic mass is 10.3. The SMILES string of the molecule is Nc1ncc(-c2nc(N3CCOCC3)c3nc(N4CCN([SH](=O)=O)CC4)n(CO)c3n2)cn1. The van der Waals surface area contributed by atoms with Crippen LogP contribution in [0.2, 0.25) is 0 Å². The van der Waals surface area contributed by atoms with E-state index in [1.807, 2.05) is 4.90 Å². The van der Waals surface area contributed by atoms with Gasteiger partial charge in [0.1, 0.15) is 6.73 Å². The van der Waals surface area contributed by atoms with Gasteiger partial charge in [0.25, 0.3) is 0 Å². The molecule has 14 nitrogen and oxygen atoms in total. The number of nitrogens with two attached hydrogens (primary N) is 1. The Hall–Kier alpha value is -3.14. The van der Waals surface area contributed by atoms with E-state index < -0.39 is 10.9 Å². The average Bonchev–Trinajstić information content (AvgIpc) is 3.23. The van der Waals surface area contributed by atoms with Gasteiger partial charge in [0, 0.05) is 51.7 Å². The van der Waals surface area contributed by atoms with Gasteiger partial charge in [-0.05, 0) is 0 Å². The van der Waals surface area contributed by atoms with Crippen molar-refractivity contribution in [3.8, 4) is 11.4 Å². The predicted octanol–water partition coefficient (Wildman–Crippen LogP) is -1.70. The number of ether oxygens (including phenoxy) is 1. The molecular weight excluding hydrogens is 452 g/mol. The van der Waals surface area contributed by atoms with Crippen molar-refractivity contribution in [1.29, 1.82) is 0 Å². The van der Waals surface area contributed by atoms with Crippen LogP contribution in [-0.2, 0) is 22.4 Å². The molecule has 0 aliphatic carbocycles. The molecule has 0 aromatic carbocycles. The van der Waals surface area contributed by atoms with E-state index >= 15 is 0 Å². The largest absolute Gasteiger partial charge is 0.378 e. The summed E-state index contributed by atoms with van der Waals surface area (Å²) < 4.78 is 31.1. The van der Waals surface area contributed by atoms with Crippen LogP contribution in [0.25, 0.3) is 22.6 Å². The van der Waals surface area contributed by atoms with Gasteiger partial charge in [0.05, 0.1) is 18.8 Å². The van der Waals surface area contributed by atoms with Crippen molar-refractivity contribution in [2.75, 3.05) is 68.0 Å². The molecule has 0 bridgehead atoms. The Labute approximate surface area is 190 Å². The first-order chi connectivity index (χ1) is 16.0.